The molecule has 4 rings (SSSR count). The van der Waals surface area contributed by atoms with Gasteiger partial charge in [0.25, 0.3) is 5.92 Å². The van der Waals surface area contributed by atoms with E-state index in [2.05, 4.69) is 9.88 Å². The highest BCUT2D eigenvalue weighted by atomic mass is 19.3. The minimum atomic E-state index is -2.64. The number of nitrogens with zero attached hydrogens (tertiary/aromatic N) is 3. The van der Waals surface area contributed by atoms with Crippen LogP contribution >= 0.6 is 0 Å². The first-order valence-corrected chi connectivity index (χ1v) is 8.36. The van der Waals surface area contributed by atoms with Crippen LogP contribution in [0.5, 0.6) is 0 Å². The number of aromatic nitrogens is 1. The Morgan fingerprint density at radius 2 is 2.04 bits per heavy atom. The number of rotatable bonds is 3. The number of anilines is 1. The van der Waals surface area contributed by atoms with E-state index in [0.29, 0.717) is 39.1 Å². The van der Waals surface area contributed by atoms with E-state index in [-0.39, 0.29) is 6.42 Å². The number of pyridine rings is 1. The van der Waals surface area contributed by atoms with Crippen LogP contribution in [0.3, 0.4) is 0 Å². The predicted octanol–water partition coefficient (Wildman–Crippen LogP) is 3.41. The molecule has 4 heterocycles. The van der Waals surface area contributed by atoms with Crippen molar-refractivity contribution in [3.63, 3.8) is 0 Å². The topological polar surface area (TPSA) is 32.5 Å². The second-order valence-corrected chi connectivity index (χ2v) is 6.91. The largest absolute Gasteiger partial charge is 0.468 e. The van der Waals surface area contributed by atoms with E-state index >= 15 is 0 Å². The Morgan fingerprint density at radius 3 is 2.79 bits per heavy atom. The number of furan rings is 1. The third-order valence-corrected chi connectivity index (χ3v) is 5.37. The van der Waals surface area contributed by atoms with Crippen LogP contribution in [-0.4, -0.2) is 42.0 Å². The summed E-state index contributed by atoms with van der Waals surface area (Å²) in [5, 5.41) is 0. The highest BCUT2D eigenvalue weighted by Crippen LogP contribution is 2.50. The number of hydrogen-bond acceptors (Lipinski definition) is 4. The average molecular weight is 333 g/mol. The molecule has 128 valence electrons. The summed E-state index contributed by atoms with van der Waals surface area (Å²) < 4.78 is 35.0. The van der Waals surface area contributed by atoms with Crippen molar-refractivity contribution >= 4 is 5.69 Å². The van der Waals surface area contributed by atoms with E-state index in [0.717, 1.165) is 11.4 Å². The Hall–Kier alpha value is -1.95. The lowest BCUT2D eigenvalue weighted by Gasteiger charge is -2.45. The molecule has 1 spiro atoms. The summed E-state index contributed by atoms with van der Waals surface area (Å²) in [4.78, 5) is 8.25. The third-order valence-electron chi connectivity index (χ3n) is 5.37. The number of halogens is 2. The van der Waals surface area contributed by atoms with E-state index < -0.39 is 11.3 Å². The maximum absolute atomic E-state index is 14.8. The molecule has 2 aromatic rings. The Balaban J connectivity index is 1.53. The molecule has 2 saturated heterocycles. The summed E-state index contributed by atoms with van der Waals surface area (Å²) in [5.74, 6) is -1.80. The maximum atomic E-state index is 14.8. The molecule has 0 radical (unpaired) electrons. The SMILES string of the molecule is FC1(F)CCN(Cc2ccco2)CC12CCN(c1cccnc1)C2. The van der Waals surface area contributed by atoms with Gasteiger partial charge in [-0.05, 0) is 30.7 Å². The van der Waals surface area contributed by atoms with Crippen molar-refractivity contribution in [2.75, 3.05) is 31.1 Å². The molecule has 0 amide bonds. The van der Waals surface area contributed by atoms with Crippen LogP contribution in [0, 0.1) is 5.41 Å². The van der Waals surface area contributed by atoms with Gasteiger partial charge in [0, 0.05) is 38.8 Å². The molecular weight excluding hydrogens is 312 g/mol. The minimum absolute atomic E-state index is 0.0887. The molecule has 2 aliphatic heterocycles. The van der Waals surface area contributed by atoms with Gasteiger partial charge in [-0.2, -0.15) is 0 Å². The van der Waals surface area contributed by atoms with Crippen LogP contribution in [0.1, 0.15) is 18.6 Å². The Bertz CT molecular complexity index is 677. The van der Waals surface area contributed by atoms with E-state index in [9.17, 15) is 8.78 Å². The van der Waals surface area contributed by atoms with Gasteiger partial charge in [-0.15, -0.1) is 0 Å². The van der Waals surface area contributed by atoms with Crippen molar-refractivity contribution in [3.05, 3.63) is 48.7 Å². The van der Waals surface area contributed by atoms with Crippen LogP contribution in [0.15, 0.2) is 47.3 Å². The third kappa shape index (κ3) is 2.69. The lowest BCUT2D eigenvalue weighted by Crippen LogP contribution is -2.56. The zero-order valence-corrected chi connectivity index (χ0v) is 13.5. The molecule has 2 fully saturated rings. The van der Waals surface area contributed by atoms with Gasteiger partial charge in [0.05, 0.1) is 30.1 Å². The number of likely N-dealkylation sites (tertiary alicyclic amines) is 1. The first kappa shape index (κ1) is 15.6. The van der Waals surface area contributed by atoms with Gasteiger partial charge < -0.3 is 9.32 Å². The second kappa shape index (κ2) is 5.84. The molecule has 0 N–H and O–H groups in total. The lowest BCUT2D eigenvalue weighted by molar-refractivity contribution is -0.159. The van der Waals surface area contributed by atoms with Gasteiger partial charge in [0.15, 0.2) is 0 Å². The molecule has 4 nitrogen and oxygen atoms in total. The normalized spacial score (nSPS) is 27.0. The molecule has 0 saturated carbocycles. The minimum Gasteiger partial charge on any atom is -0.468 e. The van der Waals surface area contributed by atoms with Crippen LogP contribution in [-0.2, 0) is 6.54 Å². The first-order valence-electron chi connectivity index (χ1n) is 8.36. The van der Waals surface area contributed by atoms with Crippen molar-refractivity contribution in [2.45, 2.75) is 25.3 Å². The Labute approximate surface area is 140 Å². The Kier molecular flexibility index (Phi) is 3.79. The molecule has 1 atom stereocenters. The number of alkyl halides is 2. The summed E-state index contributed by atoms with van der Waals surface area (Å²) in [6.07, 6.45) is 5.50. The smallest absolute Gasteiger partial charge is 0.257 e. The first-order chi connectivity index (χ1) is 11.6. The van der Waals surface area contributed by atoms with E-state index in [1.165, 1.54) is 0 Å². The molecule has 2 aromatic heterocycles. The van der Waals surface area contributed by atoms with Crippen molar-refractivity contribution in [1.29, 1.82) is 0 Å². The van der Waals surface area contributed by atoms with Crippen molar-refractivity contribution in [3.8, 4) is 0 Å². The van der Waals surface area contributed by atoms with Crippen LogP contribution < -0.4 is 4.90 Å². The maximum Gasteiger partial charge on any atom is 0.257 e. The fourth-order valence-electron chi connectivity index (χ4n) is 4.01. The van der Waals surface area contributed by atoms with Gasteiger partial charge in [0.2, 0.25) is 0 Å². The standard InChI is InChI=1S/C18H21F2N3O/c19-18(20)6-8-22(12-16-4-2-10-24-16)13-17(18)5-9-23(14-17)15-3-1-7-21-11-15/h1-4,7,10-11H,5-6,8-9,12-14H2. The zero-order chi connectivity index (χ0) is 16.6. The monoisotopic (exact) mass is 333 g/mol. The van der Waals surface area contributed by atoms with Gasteiger partial charge in [0.1, 0.15) is 5.76 Å². The zero-order valence-electron chi connectivity index (χ0n) is 13.5. The van der Waals surface area contributed by atoms with Crippen molar-refractivity contribution in [1.82, 2.24) is 9.88 Å². The number of piperidine rings is 1. The van der Waals surface area contributed by atoms with E-state index in [4.69, 9.17) is 4.42 Å². The van der Waals surface area contributed by atoms with Gasteiger partial charge >= 0.3 is 0 Å². The van der Waals surface area contributed by atoms with Gasteiger partial charge in [-0.25, -0.2) is 8.78 Å². The molecule has 0 aliphatic carbocycles. The molecule has 6 heteroatoms. The molecule has 2 aliphatic rings. The Morgan fingerprint density at radius 1 is 1.12 bits per heavy atom. The molecule has 0 aromatic carbocycles. The van der Waals surface area contributed by atoms with E-state index in [1.807, 2.05) is 29.2 Å². The number of hydrogen-bond donors (Lipinski definition) is 0. The van der Waals surface area contributed by atoms with Crippen LogP contribution in [0.4, 0.5) is 14.5 Å². The second-order valence-electron chi connectivity index (χ2n) is 6.91. The average Bonchev–Trinajstić information content (AvgIpc) is 3.23. The summed E-state index contributed by atoms with van der Waals surface area (Å²) in [6, 6.07) is 7.52. The predicted molar refractivity (Wildman–Crippen MR) is 87.0 cm³/mol. The van der Waals surface area contributed by atoms with E-state index in [1.54, 1.807) is 18.7 Å². The molecule has 24 heavy (non-hydrogen) atoms. The summed E-state index contributed by atoms with van der Waals surface area (Å²) in [6.45, 7) is 2.42. The summed E-state index contributed by atoms with van der Waals surface area (Å²) in [5.41, 5.74) is -0.0680. The van der Waals surface area contributed by atoms with Crippen LogP contribution in [0.25, 0.3) is 0 Å². The van der Waals surface area contributed by atoms with Crippen molar-refractivity contribution in [2.24, 2.45) is 5.41 Å². The van der Waals surface area contributed by atoms with Gasteiger partial charge in [-0.3, -0.25) is 9.88 Å². The summed E-state index contributed by atoms with van der Waals surface area (Å²) >= 11 is 0. The van der Waals surface area contributed by atoms with Crippen molar-refractivity contribution < 1.29 is 13.2 Å². The van der Waals surface area contributed by atoms with Gasteiger partial charge in [-0.1, -0.05) is 0 Å². The highest BCUT2D eigenvalue weighted by Gasteiger charge is 2.59. The lowest BCUT2D eigenvalue weighted by atomic mass is 9.75. The molecule has 0 bridgehead atoms. The fraction of sp³-hybridized carbons (Fsp3) is 0.500. The fourth-order valence-corrected chi connectivity index (χ4v) is 4.01. The molecule has 1 unspecified atom stereocenters. The summed E-state index contributed by atoms with van der Waals surface area (Å²) in [7, 11) is 0. The highest BCUT2D eigenvalue weighted by molar-refractivity contribution is 5.45. The molecular formula is C18H21F2N3O. The quantitative estimate of drug-likeness (QED) is 0.862. The van der Waals surface area contributed by atoms with Crippen LogP contribution in [0.2, 0.25) is 0 Å².